The minimum atomic E-state index is -3.44. The van der Waals surface area contributed by atoms with E-state index >= 15 is 0 Å². The SMILES string of the molecule is O=S(=O)(NCCCCOc1ccc(-n2cnnn2)cc1)c1ccccc1. The molecule has 3 aromatic rings. The number of sulfonamides is 1. The summed E-state index contributed by atoms with van der Waals surface area (Å²) in [7, 11) is -3.44. The van der Waals surface area contributed by atoms with Gasteiger partial charge in [0, 0.05) is 6.54 Å². The first-order valence-corrected chi connectivity index (χ1v) is 9.64. The van der Waals surface area contributed by atoms with Crippen molar-refractivity contribution in [1.29, 1.82) is 0 Å². The number of aromatic nitrogens is 4. The first kappa shape index (κ1) is 18.0. The van der Waals surface area contributed by atoms with E-state index in [1.54, 1.807) is 35.0 Å². The summed E-state index contributed by atoms with van der Waals surface area (Å²) in [5.74, 6) is 0.742. The molecule has 1 heterocycles. The Bertz CT molecular complexity index is 897. The molecule has 1 aromatic heterocycles. The lowest BCUT2D eigenvalue weighted by atomic mass is 10.3. The molecule has 1 N–H and O–H groups in total. The monoisotopic (exact) mass is 373 g/mol. The molecule has 136 valence electrons. The summed E-state index contributed by atoms with van der Waals surface area (Å²) < 4.78 is 33.9. The number of nitrogens with one attached hydrogen (secondary N) is 1. The van der Waals surface area contributed by atoms with E-state index in [-0.39, 0.29) is 4.90 Å². The number of hydrogen-bond acceptors (Lipinski definition) is 6. The minimum Gasteiger partial charge on any atom is -0.494 e. The number of benzene rings is 2. The maximum absolute atomic E-state index is 12.1. The molecular formula is C17H19N5O3S. The van der Waals surface area contributed by atoms with Gasteiger partial charge in [-0.05, 0) is 59.7 Å². The second-order valence-corrected chi connectivity index (χ2v) is 7.28. The van der Waals surface area contributed by atoms with E-state index in [0.29, 0.717) is 19.6 Å². The Kier molecular flexibility index (Phi) is 5.92. The first-order chi connectivity index (χ1) is 12.6. The lowest BCUT2D eigenvalue weighted by Crippen LogP contribution is -2.25. The average Bonchev–Trinajstić information content (AvgIpc) is 3.20. The highest BCUT2D eigenvalue weighted by Crippen LogP contribution is 2.14. The summed E-state index contributed by atoms with van der Waals surface area (Å²) in [4.78, 5) is 0.277. The molecular weight excluding hydrogens is 354 g/mol. The quantitative estimate of drug-likeness (QED) is 0.574. The summed E-state index contributed by atoms with van der Waals surface area (Å²) in [5, 5.41) is 11.0. The molecule has 0 atom stereocenters. The van der Waals surface area contributed by atoms with Gasteiger partial charge in [0.1, 0.15) is 12.1 Å². The van der Waals surface area contributed by atoms with E-state index in [1.165, 1.54) is 6.33 Å². The number of rotatable bonds is 9. The Morgan fingerprint density at radius 3 is 2.46 bits per heavy atom. The minimum absolute atomic E-state index is 0.277. The van der Waals surface area contributed by atoms with Crippen LogP contribution in [0.5, 0.6) is 5.75 Å². The molecule has 3 rings (SSSR count). The highest BCUT2D eigenvalue weighted by atomic mass is 32.2. The fourth-order valence-corrected chi connectivity index (χ4v) is 3.38. The molecule has 0 aliphatic heterocycles. The van der Waals surface area contributed by atoms with Gasteiger partial charge < -0.3 is 4.74 Å². The number of nitrogens with zero attached hydrogens (tertiary/aromatic N) is 4. The lowest BCUT2D eigenvalue weighted by Gasteiger charge is -2.08. The fraction of sp³-hybridized carbons (Fsp3) is 0.235. The molecule has 0 amide bonds. The molecule has 0 fully saturated rings. The second-order valence-electron chi connectivity index (χ2n) is 5.51. The molecule has 0 radical (unpaired) electrons. The van der Waals surface area contributed by atoms with Crippen molar-refractivity contribution in [1.82, 2.24) is 24.9 Å². The van der Waals surface area contributed by atoms with Gasteiger partial charge in [0.05, 0.1) is 17.2 Å². The van der Waals surface area contributed by atoms with Crippen LogP contribution in [-0.2, 0) is 10.0 Å². The van der Waals surface area contributed by atoms with E-state index in [0.717, 1.165) is 17.9 Å². The van der Waals surface area contributed by atoms with Crippen LogP contribution in [0.25, 0.3) is 5.69 Å². The van der Waals surface area contributed by atoms with Crippen molar-refractivity contribution in [3.8, 4) is 11.4 Å². The molecule has 26 heavy (non-hydrogen) atoms. The lowest BCUT2D eigenvalue weighted by molar-refractivity contribution is 0.307. The average molecular weight is 373 g/mol. The van der Waals surface area contributed by atoms with Gasteiger partial charge in [-0.25, -0.2) is 17.8 Å². The second kappa shape index (κ2) is 8.54. The first-order valence-electron chi connectivity index (χ1n) is 8.16. The Labute approximate surface area is 151 Å². The van der Waals surface area contributed by atoms with Crippen LogP contribution in [0.15, 0.2) is 65.8 Å². The van der Waals surface area contributed by atoms with Crippen LogP contribution in [-0.4, -0.2) is 41.8 Å². The molecule has 8 nitrogen and oxygen atoms in total. The van der Waals surface area contributed by atoms with Gasteiger partial charge in [-0.3, -0.25) is 0 Å². The Balaban J connectivity index is 1.37. The fourth-order valence-electron chi connectivity index (χ4n) is 2.28. The molecule has 9 heteroatoms. The van der Waals surface area contributed by atoms with Gasteiger partial charge in [-0.15, -0.1) is 5.10 Å². The smallest absolute Gasteiger partial charge is 0.240 e. The maximum atomic E-state index is 12.1. The van der Waals surface area contributed by atoms with Crippen molar-refractivity contribution >= 4 is 10.0 Å². The van der Waals surface area contributed by atoms with Gasteiger partial charge in [0.25, 0.3) is 0 Å². The number of ether oxygens (including phenoxy) is 1. The van der Waals surface area contributed by atoms with Crippen molar-refractivity contribution in [2.24, 2.45) is 0 Å². The van der Waals surface area contributed by atoms with Gasteiger partial charge >= 0.3 is 0 Å². The van der Waals surface area contributed by atoms with Crippen molar-refractivity contribution in [3.05, 3.63) is 60.9 Å². The van der Waals surface area contributed by atoms with Crippen LogP contribution in [0.4, 0.5) is 0 Å². The number of unbranched alkanes of at least 4 members (excludes halogenated alkanes) is 1. The zero-order valence-corrected chi connectivity index (χ0v) is 14.8. The Hall–Kier alpha value is -2.78. The Morgan fingerprint density at radius 1 is 1.00 bits per heavy atom. The number of tetrazole rings is 1. The number of hydrogen-bond donors (Lipinski definition) is 1. The summed E-state index contributed by atoms with van der Waals surface area (Å²) in [6, 6.07) is 15.7. The van der Waals surface area contributed by atoms with Gasteiger partial charge in [0.2, 0.25) is 10.0 Å². The largest absolute Gasteiger partial charge is 0.494 e. The normalized spacial score (nSPS) is 11.4. The van der Waals surface area contributed by atoms with Crippen LogP contribution < -0.4 is 9.46 Å². The van der Waals surface area contributed by atoms with Crippen molar-refractivity contribution in [2.75, 3.05) is 13.2 Å². The molecule has 0 saturated heterocycles. The van der Waals surface area contributed by atoms with E-state index in [9.17, 15) is 8.42 Å². The predicted octanol–water partition coefficient (Wildman–Crippen LogP) is 1.80. The van der Waals surface area contributed by atoms with Crippen LogP contribution in [0, 0.1) is 0 Å². The topological polar surface area (TPSA) is 99.0 Å². The molecule has 0 unspecified atom stereocenters. The van der Waals surface area contributed by atoms with Gasteiger partial charge in [0.15, 0.2) is 0 Å². The van der Waals surface area contributed by atoms with Crippen molar-refractivity contribution in [2.45, 2.75) is 17.7 Å². The van der Waals surface area contributed by atoms with Gasteiger partial charge in [-0.2, -0.15) is 0 Å². The summed E-state index contributed by atoms with van der Waals surface area (Å²) >= 11 is 0. The highest BCUT2D eigenvalue weighted by molar-refractivity contribution is 7.89. The van der Waals surface area contributed by atoms with E-state index in [1.807, 2.05) is 24.3 Å². The third kappa shape index (κ3) is 4.87. The van der Waals surface area contributed by atoms with Crippen molar-refractivity contribution < 1.29 is 13.2 Å². The molecule has 0 bridgehead atoms. The van der Waals surface area contributed by atoms with Crippen molar-refractivity contribution in [3.63, 3.8) is 0 Å². The molecule has 2 aromatic carbocycles. The van der Waals surface area contributed by atoms with Crippen LogP contribution in [0.2, 0.25) is 0 Å². The summed E-state index contributed by atoms with van der Waals surface area (Å²) in [6.45, 7) is 0.885. The summed E-state index contributed by atoms with van der Waals surface area (Å²) in [5.41, 5.74) is 0.845. The molecule has 0 aliphatic rings. The molecule has 0 spiro atoms. The third-order valence-electron chi connectivity index (χ3n) is 3.64. The Morgan fingerprint density at radius 2 is 1.77 bits per heavy atom. The zero-order chi connectivity index (χ0) is 18.2. The predicted molar refractivity (Wildman–Crippen MR) is 95.5 cm³/mol. The maximum Gasteiger partial charge on any atom is 0.240 e. The van der Waals surface area contributed by atoms with Crippen LogP contribution in [0.1, 0.15) is 12.8 Å². The zero-order valence-electron chi connectivity index (χ0n) is 14.0. The molecule has 0 aliphatic carbocycles. The van der Waals surface area contributed by atoms with Crippen LogP contribution >= 0.6 is 0 Å². The standard InChI is InChI=1S/C17H19N5O3S/c23-26(24,17-6-2-1-3-7-17)19-12-4-5-13-25-16-10-8-15(9-11-16)22-14-18-20-21-22/h1-3,6-11,14,19H,4-5,12-13H2. The van der Waals surface area contributed by atoms with E-state index in [2.05, 4.69) is 20.2 Å². The highest BCUT2D eigenvalue weighted by Gasteiger charge is 2.11. The van der Waals surface area contributed by atoms with E-state index < -0.39 is 10.0 Å². The molecule has 0 saturated carbocycles. The van der Waals surface area contributed by atoms with E-state index in [4.69, 9.17) is 4.74 Å². The van der Waals surface area contributed by atoms with Crippen LogP contribution in [0.3, 0.4) is 0 Å². The third-order valence-corrected chi connectivity index (χ3v) is 5.11. The summed E-state index contributed by atoms with van der Waals surface area (Å²) in [6.07, 6.45) is 2.95. The van der Waals surface area contributed by atoms with Gasteiger partial charge in [-0.1, -0.05) is 18.2 Å².